The Morgan fingerprint density at radius 3 is 3.00 bits per heavy atom. The largest absolute Gasteiger partial charge is 0.496 e. The van der Waals surface area contributed by atoms with Crippen LogP contribution in [0.5, 0.6) is 0 Å². The van der Waals surface area contributed by atoms with E-state index in [9.17, 15) is 4.39 Å². The molecule has 2 N–H and O–H groups in total. The number of thiophene rings is 1. The fourth-order valence-electron chi connectivity index (χ4n) is 1.31. The molecule has 0 aromatic carbocycles. The van der Waals surface area contributed by atoms with Gasteiger partial charge in [-0.3, -0.25) is 0 Å². The van der Waals surface area contributed by atoms with Crippen LogP contribution in [0.3, 0.4) is 0 Å². The zero-order valence-corrected chi connectivity index (χ0v) is 7.81. The maximum Gasteiger partial charge on any atom is 0.139 e. The number of nitrogens with two attached hydrogens (primary N) is 1. The minimum atomic E-state index is -0.428. The van der Waals surface area contributed by atoms with Gasteiger partial charge in [0, 0.05) is 6.42 Å². The van der Waals surface area contributed by atoms with Crippen molar-refractivity contribution in [2.24, 2.45) is 5.73 Å². The molecular formula is C9H10FNOS. The van der Waals surface area contributed by atoms with Crippen LogP contribution in [0.1, 0.15) is 17.3 Å². The predicted octanol–water partition coefficient (Wildman–Crippen LogP) is 2.19. The van der Waals surface area contributed by atoms with Crippen LogP contribution in [0.2, 0.25) is 0 Å². The summed E-state index contributed by atoms with van der Waals surface area (Å²) in [5.74, 6) is 0.454. The van der Waals surface area contributed by atoms with E-state index in [0.717, 1.165) is 6.42 Å². The van der Waals surface area contributed by atoms with Crippen LogP contribution >= 0.6 is 11.3 Å². The molecule has 1 aliphatic rings. The molecule has 1 aromatic heterocycles. The second kappa shape index (κ2) is 3.47. The number of ether oxygens (including phenoxy) is 1. The second-order valence-corrected chi connectivity index (χ2v) is 3.80. The minimum Gasteiger partial charge on any atom is -0.496 e. The molecule has 0 saturated heterocycles. The Balaban J connectivity index is 2.21. The molecule has 2 nitrogen and oxygen atoms in total. The predicted molar refractivity (Wildman–Crippen MR) is 49.9 cm³/mol. The summed E-state index contributed by atoms with van der Waals surface area (Å²) in [6, 6.07) is 0.998. The minimum absolute atomic E-state index is 0.242. The molecular weight excluding hydrogens is 189 g/mol. The summed E-state index contributed by atoms with van der Waals surface area (Å²) >= 11 is 1.32. The van der Waals surface area contributed by atoms with Gasteiger partial charge < -0.3 is 10.5 Å². The Labute approximate surface area is 79.8 Å². The Morgan fingerprint density at radius 2 is 2.46 bits per heavy atom. The first-order chi connectivity index (χ1) is 6.29. The van der Waals surface area contributed by atoms with Crippen molar-refractivity contribution in [3.8, 4) is 0 Å². The highest BCUT2D eigenvalue weighted by Gasteiger charge is 2.20. The molecule has 70 valence electrons. The van der Waals surface area contributed by atoms with Gasteiger partial charge in [-0.1, -0.05) is 0 Å². The molecule has 0 fully saturated rings. The van der Waals surface area contributed by atoms with E-state index >= 15 is 0 Å². The van der Waals surface area contributed by atoms with Crippen LogP contribution in [0.15, 0.2) is 23.3 Å². The third-order valence-electron chi connectivity index (χ3n) is 1.97. The van der Waals surface area contributed by atoms with Crippen LogP contribution < -0.4 is 5.73 Å². The van der Waals surface area contributed by atoms with E-state index in [1.165, 1.54) is 17.4 Å². The number of halogens is 1. The van der Waals surface area contributed by atoms with Gasteiger partial charge in [0.05, 0.1) is 17.5 Å². The lowest BCUT2D eigenvalue weighted by Gasteiger charge is -2.11. The van der Waals surface area contributed by atoms with Crippen molar-refractivity contribution in [2.45, 2.75) is 12.5 Å². The summed E-state index contributed by atoms with van der Waals surface area (Å²) in [5, 5.41) is 1.69. The van der Waals surface area contributed by atoms with E-state index in [4.69, 9.17) is 10.5 Å². The maximum absolute atomic E-state index is 13.1. The maximum atomic E-state index is 13.1. The van der Waals surface area contributed by atoms with Crippen LogP contribution in [0.25, 0.3) is 0 Å². The van der Waals surface area contributed by atoms with Gasteiger partial charge in [0.2, 0.25) is 0 Å². The summed E-state index contributed by atoms with van der Waals surface area (Å²) < 4.78 is 18.4. The van der Waals surface area contributed by atoms with E-state index < -0.39 is 6.04 Å². The van der Waals surface area contributed by atoms with Crippen LogP contribution in [-0.4, -0.2) is 6.61 Å². The molecule has 0 aliphatic carbocycles. The van der Waals surface area contributed by atoms with Crippen molar-refractivity contribution in [1.82, 2.24) is 0 Å². The number of hydrogen-bond acceptors (Lipinski definition) is 3. The van der Waals surface area contributed by atoms with Crippen molar-refractivity contribution in [2.75, 3.05) is 6.61 Å². The lowest BCUT2D eigenvalue weighted by Crippen LogP contribution is -2.13. The highest BCUT2D eigenvalue weighted by atomic mass is 32.1. The first kappa shape index (κ1) is 8.72. The topological polar surface area (TPSA) is 35.2 Å². The Kier molecular flexibility index (Phi) is 2.33. The lowest BCUT2D eigenvalue weighted by atomic mass is 10.2. The summed E-state index contributed by atoms with van der Waals surface area (Å²) in [7, 11) is 0. The molecule has 1 aromatic rings. The smallest absolute Gasteiger partial charge is 0.139 e. The van der Waals surface area contributed by atoms with Gasteiger partial charge in [-0.15, -0.1) is 11.3 Å². The van der Waals surface area contributed by atoms with Gasteiger partial charge in [-0.2, -0.15) is 0 Å². The normalized spacial score (nSPS) is 18.2. The summed E-state index contributed by atoms with van der Waals surface area (Å²) in [6.45, 7) is 0.663. The summed E-state index contributed by atoms with van der Waals surface area (Å²) in [4.78, 5) is 0.549. The molecule has 2 rings (SSSR count). The van der Waals surface area contributed by atoms with Gasteiger partial charge >= 0.3 is 0 Å². The molecule has 0 amide bonds. The van der Waals surface area contributed by atoms with Crippen LogP contribution in [0.4, 0.5) is 4.39 Å². The molecule has 0 bridgehead atoms. The van der Waals surface area contributed by atoms with Crippen molar-refractivity contribution < 1.29 is 9.13 Å². The van der Waals surface area contributed by atoms with Crippen molar-refractivity contribution in [3.63, 3.8) is 0 Å². The van der Waals surface area contributed by atoms with Gasteiger partial charge in [0.15, 0.2) is 0 Å². The highest BCUT2D eigenvalue weighted by Crippen LogP contribution is 2.29. The average molecular weight is 199 g/mol. The van der Waals surface area contributed by atoms with Gasteiger partial charge in [0.25, 0.3) is 0 Å². The fourth-order valence-corrected chi connectivity index (χ4v) is 2.09. The quantitative estimate of drug-likeness (QED) is 0.792. The van der Waals surface area contributed by atoms with Gasteiger partial charge in [-0.25, -0.2) is 4.39 Å². The van der Waals surface area contributed by atoms with Crippen LogP contribution in [-0.2, 0) is 4.74 Å². The standard InChI is InChI=1S/C9H10FNOS/c10-6-3-5-13-9(6)8(11)7-2-1-4-12-7/h2-3,5,8H,1,4,11H2. The zero-order chi connectivity index (χ0) is 9.26. The van der Waals surface area contributed by atoms with E-state index in [1.54, 1.807) is 5.38 Å². The SMILES string of the molecule is NC(C1=CCCO1)c1sccc1F. The third kappa shape index (κ3) is 1.59. The fraction of sp³-hybridized carbons (Fsp3) is 0.333. The third-order valence-corrected chi connectivity index (χ3v) is 2.94. The first-order valence-electron chi connectivity index (χ1n) is 4.10. The van der Waals surface area contributed by atoms with Crippen LogP contribution in [0, 0.1) is 5.82 Å². The summed E-state index contributed by atoms with van der Waals surface area (Å²) in [6.07, 6.45) is 2.79. The highest BCUT2D eigenvalue weighted by molar-refractivity contribution is 7.10. The summed E-state index contributed by atoms with van der Waals surface area (Å²) in [5.41, 5.74) is 5.82. The van der Waals surface area contributed by atoms with E-state index in [-0.39, 0.29) is 5.82 Å². The molecule has 0 spiro atoms. The number of rotatable bonds is 2. The van der Waals surface area contributed by atoms with Gasteiger partial charge in [0.1, 0.15) is 11.6 Å². The molecule has 0 saturated carbocycles. The molecule has 1 unspecified atom stereocenters. The Morgan fingerprint density at radius 1 is 1.62 bits per heavy atom. The van der Waals surface area contributed by atoms with E-state index in [0.29, 0.717) is 17.2 Å². The second-order valence-electron chi connectivity index (χ2n) is 2.85. The monoisotopic (exact) mass is 199 g/mol. The van der Waals surface area contributed by atoms with E-state index in [1.807, 2.05) is 6.08 Å². The number of hydrogen-bond donors (Lipinski definition) is 1. The van der Waals surface area contributed by atoms with Gasteiger partial charge in [-0.05, 0) is 17.5 Å². The first-order valence-corrected chi connectivity index (χ1v) is 4.98. The molecule has 13 heavy (non-hydrogen) atoms. The van der Waals surface area contributed by atoms with Crippen molar-refractivity contribution in [1.29, 1.82) is 0 Å². The molecule has 0 radical (unpaired) electrons. The molecule has 1 atom stereocenters. The Bertz CT molecular complexity index is 334. The van der Waals surface area contributed by atoms with Crippen molar-refractivity contribution >= 4 is 11.3 Å². The van der Waals surface area contributed by atoms with Crippen molar-refractivity contribution in [3.05, 3.63) is 34.0 Å². The average Bonchev–Trinajstić information content (AvgIpc) is 2.72. The lowest BCUT2D eigenvalue weighted by molar-refractivity contribution is 0.225. The molecule has 2 heterocycles. The molecule has 1 aliphatic heterocycles. The van der Waals surface area contributed by atoms with E-state index in [2.05, 4.69) is 0 Å². The zero-order valence-electron chi connectivity index (χ0n) is 7.00. The molecule has 4 heteroatoms. The Hall–Kier alpha value is -0.870.